The molecule has 1 fully saturated rings. The van der Waals surface area contributed by atoms with Gasteiger partial charge in [-0.1, -0.05) is 15.9 Å². The van der Waals surface area contributed by atoms with Crippen LogP contribution in [0.3, 0.4) is 0 Å². The Kier molecular flexibility index (Phi) is 4.31. The Hall–Kier alpha value is -0.980. The lowest BCUT2D eigenvalue weighted by molar-refractivity contribution is -0.118. The number of ether oxygens (including phenoxy) is 1. The summed E-state index contributed by atoms with van der Waals surface area (Å²) >= 11 is 3.24. The number of anilines is 1. The third-order valence-electron chi connectivity index (χ3n) is 2.93. The average Bonchev–Trinajstić information content (AvgIpc) is 2.82. The van der Waals surface area contributed by atoms with E-state index in [1.165, 1.54) is 12.1 Å². The van der Waals surface area contributed by atoms with Gasteiger partial charge < -0.3 is 15.4 Å². The minimum Gasteiger partial charge on any atom is -0.380 e. The summed E-state index contributed by atoms with van der Waals surface area (Å²) in [5.74, 6) is -0.695. The van der Waals surface area contributed by atoms with Crippen molar-refractivity contribution >= 4 is 27.5 Å². The maximum Gasteiger partial charge on any atom is 0.241 e. The van der Waals surface area contributed by atoms with Crippen LogP contribution in [-0.2, 0) is 9.53 Å². The van der Waals surface area contributed by atoms with Gasteiger partial charge >= 0.3 is 0 Å². The van der Waals surface area contributed by atoms with Gasteiger partial charge in [0, 0.05) is 18.1 Å². The summed E-state index contributed by atoms with van der Waals surface area (Å²) in [7, 11) is 1.61. The van der Waals surface area contributed by atoms with E-state index in [1.807, 2.05) is 0 Å². The van der Waals surface area contributed by atoms with Crippen LogP contribution >= 0.6 is 15.9 Å². The fraction of sp³-hybridized carbons (Fsp3) is 0.417. The van der Waals surface area contributed by atoms with Crippen LogP contribution in [0.2, 0.25) is 0 Å². The topological polar surface area (TPSA) is 50.4 Å². The normalized spacial score (nSPS) is 23.1. The molecule has 4 nitrogen and oxygen atoms in total. The number of benzene rings is 1. The van der Waals surface area contributed by atoms with Gasteiger partial charge in [-0.25, -0.2) is 4.39 Å². The lowest BCUT2D eigenvalue weighted by Crippen LogP contribution is -2.35. The standard InChI is InChI=1S/C12H14BrFN2O2/c1-18-8-5-11(15-6-8)12(17)16-10-4-7(13)2-3-9(10)14/h2-4,8,11,15H,5-6H2,1H3,(H,16,17). The highest BCUT2D eigenvalue weighted by molar-refractivity contribution is 9.10. The number of amides is 1. The lowest BCUT2D eigenvalue weighted by atomic mass is 10.2. The van der Waals surface area contributed by atoms with E-state index in [9.17, 15) is 9.18 Å². The third-order valence-corrected chi connectivity index (χ3v) is 3.42. The molecule has 2 rings (SSSR count). The molecule has 0 radical (unpaired) electrons. The number of rotatable bonds is 3. The van der Waals surface area contributed by atoms with Crippen molar-refractivity contribution in [1.29, 1.82) is 0 Å². The Morgan fingerprint density at radius 1 is 1.61 bits per heavy atom. The van der Waals surface area contributed by atoms with E-state index < -0.39 is 5.82 Å². The van der Waals surface area contributed by atoms with Gasteiger partial charge in [0.25, 0.3) is 0 Å². The van der Waals surface area contributed by atoms with Crippen molar-refractivity contribution in [2.24, 2.45) is 0 Å². The molecule has 0 saturated carbocycles. The summed E-state index contributed by atoms with van der Waals surface area (Å²) in [6.07, 6.45) is 0.630. The van der Waals surface area contributed by atoms with Crippen molar-refractivity contribution in [3.8, 4) is 0 Å². The van der Waals surface area contributed by atoms with Crippen LogP contribution in [0.15, 0.2) is 22.7 Å². The highest BCUT2D eigenvalue weighted by Crippen LogP contribution is 2.21. The van der Waals surface area contributed by atoms with E-state index in [2.05, 4.69) is 26.6 Å². The average molecular weight is 317 g/mol. The van der Waals surface area contributed by atoms with Gasteiger partial charge in [-0.15, -0.1) is 0 Å². The van der Waals surface area contributed by atoms with Crippen molar-refractivity contribution in [2.75, 3.05) is 19.0 Å². The molecular formula is C12H14BrFN2O2. The second-order valence-corrected chi connectivity index (χ2v) is 5.08. The van der Waals surface area contributed by atoms with E-state index in [4.69, 9.17) is 4.74 Å². The van der Waals surface area contributed by atoms with Crippen LogP contribution in [0, 0.1) is 5.82 Å². The highest BCUT2D eigenvalue weighted by atomic mass is 79.9. The Balaban J connectivity index is 2.01. The van der Waals surface area contributed by atoms with Gasteiger partial charge in [0.1, 0.15) is 5.82 Å². The van der Waals surface area contributed by atoms with Crippen LogP contribution in [0.5, 0.6) is 0 Å². The fourth-order valence-corrected chi connectivity index (χ4v) is 2.26. The van der Waals surface area contributed by atoms with E-state index in [1.54, 1.807) is 13.2 Å². The SMILES string of the molecule is COC1CNC(C(=O)Nc2cc(Br)ccc2F)C1. The van der Waals surface area contributed by atoms with Crippen LogP contribution in [0.1, 0.15) is 6.42 Å². The summed E-state index contributed by atoms with van der Waals surface area (Å²) in [5, 5.41) is 5.62. The summed E-state index contributed by atoms with van der Waals surface area (Å²) in [6.45, 7) is 0.634. The summed E-state index contributed by atoms with van der Waals surface area (Å²) in [6, 6.07) is 4.09. The lowest BCUT2D eigenvalue weighted by Gasteiger charge is -2.12. The fourth-order valence-electron chi connectivity index (χ4n) is 1.90. The first kappa shape index (κ1) is 13.5. The van der Waals surface area contributed by atoms with Crippen LogP contribution in [0.25, 0.3) is 0 Å². The smallest absolute Gasteiger partial charge is 0.241 e. The van der Waals surface area contributed by atoms with Gasteiger partial charge in [-0.2, -0.15) is 0 Å². The number of hydrogen-bond acceptors (Lipinski definition) is 3. The predicted octanol–water partition coefficient (Wildman–Crippen LogP) is 1.90. The summed E-state index contributed by atoms with van der Waals surface area (Å²) in [4.78, 5) is 11.9. The van der Waals surface area contributed by atoms with Gasteiger partial charge in [-0.05, 0) is 24.6 Å². The molecule has 1 aromatic rings. The Morgan fingerprint density at radius 2 is 2.39 bits per heavy atom. The van der Waals surface area contributed by atoms with Crippen molar-refractivity contribution < 1.29 is 13.9 Å². The first-order valence-corrected chi connectivity index (χ1v) is 6.41. The van der Waals surface area contributed by atoms with Crippen molar-refractivity contribution in [3.63, 3.8) is 0 Å². The Bertz CT molecular complexity index is 456. The molecule has 1 aromatic carbocycles. The second kappa shape index (κ2) is 5.77. The molecule has 2 atom stereocenters. The molecule has 0 spiro atoms. The minimum atomic E-state index is -0.451. The summed E-state index contributed by atoms with van der Waals surface area (Å²) in [5.41, 5.74) is 0.178. The van der Waals surface area contributed by atoms with Gasteiger partial charge in [0.15, 0.2) is 0 Å². The van der Waals surface area contributed by atoms with Gasteiger partial charge in [0.2, 0.25) is 5.91 Å². The molecule has 2 N–H and O–H groups in total. The molecule has 1 heterocycles. The molecule has 0 bridgehead atoms. The van der Waals surface area contributed by atoms with Crippen LogP contribution in [-0.4, -0.2) is 31.7 Å². The highest BCUT2D eigenvalue weighted by Gasteiger charge is 2.29. The first-order valence-electron chi connectivity index (χ1n) is 5.62. The molecular weight excluding hydrogens is 303 g/mol. The van der Waals surface area contributed by atoms with E-state index in [0.29, 0.717) is 17.4 Å². The molecule has 2 unspecified atom stereocenters. The maximum absolute atomic E-state index is 13.5. The zero-order valence-corrected chi connectivity index (χ0v) is 11.5. The molecule has 18 heavy (non-hydrogen) atoms. The molecule has 1 saturated heterocycles. The number of carbonyl (C=O) groups excluding carboxylic acids is 1. The molecule has 98 valence electrons. The largest absolute Gasteiger partial charge is 0.380 e. The van der Waals surface area contributed by atoms with Gasteiger partial charge in [0.05, 0.1) is 17.8 Å². The number of hydrogen-bond donors (Lipinski definition) is 2. The summed E-state index contributed by atoms with van der Waals surface area (Å²) < 4.78 is 19.4. The monoisotopic (exact) mass is 316 g/mol. The maximum atomic E-state index is 13.5. The number of nitrogens with one attached hydrogen (secondary N) is 2. The molecule has 0 aromatic heterocycles. The second-order valence-electron chi connectivity index (χ2n) is 4.17. The van der Waals surface area contributed by atoms with Crippen molar-refractivity contribution in [2.45, 2.75) is 18.6 Å². The van der Waals surface area contributed by atoms with Crippen molar-refractivity contribution in [3.05, 3.63) is 28.5 Å². The zero-order chi connectivity index (χ0) is 13.1. The number of methoxy groups -OCH3 is 1. The molecule has 6 heteroatoms. The molecule has 1 aliphatic heterocycles. The van der Waals surface area contributed by atoms with Gasteiger partial charge in [-0.3, -0.25) is 4.79 Å². The molecule has 1 aliphatic rings. The minimum absolute atomic E-state index is 0.0353. The van der Waals surface area contributed by atoms with Crippen molar-refractivity contribution in [1.82, 2.24) is 5.32 Å². The van der Waals surface area contributed by atoms with Crippen LogP contribution in [0.4, 0.5) is 10.1 Å². The number of halogens is 2. The Labute approximate surface area is 113 Å². The number of carbonyl (C=O) groups is 1. The quantitative estimate of drug-likeness (QED) is 0.895. The first-order chi connectivity index (χ1) is 8.60. The molecule has 1 amide bonds. The zero-order valence-electron chi connectivity index (χ0n) is 9.87. The van der Waals surface area contributed by atoms with E-state index >= 15 is 0 Å². The third kappa shape index (κ3) is 3.07. The predicted molar refractivity (Wildman–Crippen MR) is 69.9 cm³/mol. The van der Waals surface area contributed by atoms with E-state index in [-0.39, 0.29) is 23.7 Å². The van der Waals surface area contributed by atoms with Crippen LogP contribution < -0.4 is 10.6 Å². The molecule has 0 aliphatic carbocycles. The Morgan fingerprint density at radius 3 is 3.06 bits per heavy atom. The van der Waals surface area contributed by atoms with E-state index in [0.717, 1.165) is 0 Å².